The van der Waals surface area contributed by atoms with E-state index in [4.69, 9.17) is 5.11 Å². The maximum absolute atomic E-state index is 9.02. The molecule has 17 heavy (non-hydrogen) atoms. The standard InChI is InChI=1S/C14H22N2O/c1-2-5-13-6-3-4-9-16(13)14-8-7-12(11-17)10-15-14/h7-8,10,13,17H,2-6,9,11H2,1H3. The topological polar surface area (TPSA) is 36.4 Å². The number of hydrogen-bond acceptors (Lipinski definition) is 3. The molecule has 3 nitrogen and oxygen atoms in total. The molecule has 1 fully saturated rings. The number of nitrogens with zero attached hydrogens (tertiary/aromatic N) is 2. The molecule has 0 radical (unpaired) electrons. The molecule has 94 valence electrons. The van der Waals surface area contributed by atoms with E-state index in [1.165, 1.54) is 32.1 Å². The van der Waals surface area contributed by atoms with Crippen molar-refractivity contribution in [1.29, 1.82) is 0 Å². The molecule has 0 aromatic carbocycles. The summed E-state index contributed by atoms with van der Waals surface area (Å²) in [4.78, 5) is 6.91. The highest BCUT2D eigenvalue weighted by Gasteiger charge is 2.22. The zero-order chi connectivity index (χ0) is 12.1. The van der Waals surface area contributed by atoms with Crippen molar-refractivity contribution in [1.82, 2.24) is 4.98 Å². The van der Waals surface area contributed by atoms with Crippen LogP contribution in [0.5, 0.6) is 0 Å². The SMILES string of the molecule is CCCC1CCCCN1c1ccc(CO)cn1. The number of pyridine rings is 1. The van der Waals surface area contributed by atoms with E-state index in [2.05, 4.69) is 16.8 Å². The van der Waals surface area contributed by atoms with Crippen molar-refractivity contribution in [2.75, 3.05) is 11.4 Å². The molecule has 0 aliphatic carbocycles. The van der Waals surface area contributed by atoms with Crippen molar-refractivity contribution in [2.24, 2.45) is 0 Å². The molecule has 1 aliphatic rings. The number of aliphatic hydroxyl groups is 1. The number of aromatic nitrogens is 1. The molecule has 1 unspecified atom stereocenters. The summed E-state index contributed by atoms with van der Waals surface area (Å²) in [7, 11) is 0. The summed E-state index contributed by atoms with van der Waals surface area (Å²) in [6.07, 6.45) is 8.17. The van der Waals surface area contributed by atoms with Crippen LogP contribution in [0.3, 0.4) is 0 Å². The molecular formula is C14H22N2O. The summed E-state index contributed by atoms with van der Waals surface area (Å²) in [6, 6.07) is 4.67. The first-order chi connectivity index (χ1) is 8.35. The molecule has 3 heteroatoms. The summed E-state index contributed by atoms with van der Waals surface area (Å²) in [6.45, 7) is 3.44. The van der Waals surface area contributed by atoms with Gasteiger partial charge < -0.3 is 10.0 Å². The van der Waals surface area contributed by atoms with Gasteiger partial charge in [-0.3, -0.25) is 0 Å². The molecule has 0 bridgehead atoms. The molecular weight excluding hydrogens is 212 g/mol. The van der Waals surface area contributed by atoms with E-state index in [0.717, 1.165) is 17.9 Å². The zero-order valence-corrected chi connectivity index (χ0v) is 10.6. The second kappa shape index (κ2) is 6.01. The van der Waals surface area contributed by atoms with Crippen LogP contribution in [0.15, 0.2) is 18.3 Å². The minimum Gasteiger partial charge on any atom is -0.392 e. The quantitative estimate of drug-likeness (QED) is 0.870. The van der Waals surface area contributed by atoms with E-state index in [9.17, 15) is 0 Å². The van der Waals surface area contributed by atoms with Crippen LogP contribution >= 0.6 is 0 Å². The molecule has 0 spiro atoms. The highest BCUT2D eigenvalue weighted by molar-refractivity contribution is 5.41. The Bertz CT molecular complexity index is 335. The van der Waals surface area contributed by atoms with Gasteiger partial charge in [0.2, 0.25) is 0 Å². The molecule has 1 aromatic rings. The Morgan fingerprint density at radius 3 is 2.94 bits per heavy atom. The zero-order valence-electron chi connectivity index (χ0n) is 10.6. The van der Waals surface area contributed by atoms with Crippen LogP contribution in [0.25, 0.3) is 0 Å². The molecule has 0 saturated carbocycles. The van der Waals surface area contributed by atoms with Gasteiger partial charge in [-0.2, -0.15) is 0 Å². The Balaban J connectivity index is 2.11. The number of anilines is 1. The van der Waals surface area contributed by atoms with Gasteiger partial charge in [0.05, 0.1) is 6.61 Å². The molecule has 0 amide bonds. The predicted molar refractivity (Wildman–Crippen MR) is 70.1 cm³/mol. The summed E-state index contributed by atoms with van der Waals surface area (Å²) >= 11 is 0. The maximum atomic E-state index is 9.02. The monoisotopic (exact) mass is 234 g/mol. The summed E-state index contributed by atoms with van der Waals surface area (Å²) < 4.78 is 0. The van der Waals surface area contributed by atoms with Gasteiger partial charge in [0, 0.05) is 18.8 Å². The first kappa shape index (κ1) is 12.4. The van der Waals surface area contributed by atoms with Crippen LogP contribution in [0.2, 0.25) is 0 Å². The van der Waals surface area contributed by atoms with Gasteiger partial charge in [-0.05, 0) is 37.3 Å². The van der Waals surface area contributed by atoms with E-state index in [-0.39, 0.29) is 6.61 Å². The largest absolute Gasteiger partial charge is 0.392 e. The van der Waals surface area contributed by atoms with Gasteiger partial charge in [0.25, 0.3) is 0 Å². The Hall–Kier alpha value is -1.09. The molecule has 1 atom stereocenters. The minimum atomic E-state index is 0.0751. The first-order valence-corrected chi connectivity index (χ1v) is 6.67. The third kappa shape index (κ3) is 2.97. The summed E-state index contributed by atoms with van der Waals surface area (Å²) in [5.74, 6) is 1.07. The lowest BCUT2D eigenvalue weighted by Crippen LogP contribution is -2.40. The molecule has 1 aliphatic heterocycles. The third-order valence-corrected chi connectivity index (χ3v) is 3.54. The van der Waals surface area contributed by atoms with Gasteiger partial charge in [-0.15, -0.1) is 0 Å². The van der Waals surface area contributed by atoms with Gasteiger partial charge in [0.1, 0.15) is 5.82 Å². The lowest BCUT2D eigenvalue weighted by atomic mass is 9.98. The fourth-order valence-corrected chi connectivity index (χ4v) is 2.62. The molecule has 1 saturated heterocycles. The van der Waals surface area contributed by atoms with E-state index in [1.807, 2.05) is 12.1 Å². The molecule has 1 N–H and O–H groups in total. The van der Waals surface area contributed by atoms with E-state index < -0.39 is 0 Å². The highest BCUT2D eigenvalue weighted by Crippen LogP contribution is 2.25. The predicted octanol–water partition coefficient (Wildman–Crippen LogP) is 2.73. The number of rotatable bonds is 4. The lowest BCUT2D eigenvalue weighted by Gasteiger charge is -2.36. The average molecular weight is 234 g/mol. The van der Waals surface area contributed by atoms with Gasteiger partial charge >= 0.3 is 0 Å². The number of hydrogen-bond donors (Lipinski definition) is 1. The normalized spacial score (nSPS) is 20.6. The van der Waals surface area contributed by atoms with Crippen molar-refractivity contribution < 1.29 is 5.11 Å². The minimum absolute atomic E-state index is 0.0751. The van der Waals surface area contributed by atoms with Gasteiger partial charge in [-0.1, -0.05) is 19.4 Å². The highest BCUT2D eigenvalue weighted by atomic mass is 16.3. The van der Waals surface area contributed by atoms with Crippen LogP contribution in [-0.2, 0) is 6.61 Å². The van der Waals surface area contributed by atoms with E-state index in [1.54, 1.807) is 6.20 Å². The Morgan fingerprint density at radius 1 is 1.41 bits per heavy atom. The molecule has 2 rings (SSSR count). The third-order valence-electron chi connectivity index (χ3n) is 3.54. The fraction of sp³-hybridized carbons (Fsp3) is 0.643. The number of piperidine rings is 1. The molecule has 2 heterocycles. The van der Waals surface area contributed by atoms with Gasteiger partial charge in [-0.25, -0.2) is 4.98 Å². The second-order valence-electron chi connectivity index (χ2n) is 4.81. The Labute approximate surface area is 103 Å². The maximum Gasteiger partial charge on any atom is 0.128 e. The fourth-order valence-electron chi connectivity index (χ4n) is 2.62. The lowest BCUT2D eigenvalue weighted by molar-refractivity contribution is 0.281. The summed E-state index contributed by atoms with van der Waals surface area (Å²) in [5, 5.41) is 9.02. The van der Waals surface area contributed by atoms with Crippen LogP contribution in [0.4, 0.5) is 5.82 Å². The Kier molecular flexibility index (Phi) is 4.37. The van der Waals surface area contributed by atoms with Crippen molar-refractivity contribution >= 4 is 5.82 Å². The smallest absolute Gasteiger partial charge is 0.128 e. The number of aliphatic hydroxyl groups excluding tert-OH is 1. The van der Waals surface area contributed by atoms with Crippen molar-refractivity contribution in [3.63, 3.8) is 0 Å². The molecule has 1 aromatic heterocycles. The van der Waals surface area contributed by atoms with Crippen molar-refractivity contribution in [3.8, 4) is 0 Å². The van der Waals surface area contributed by atoms with Crippen LogP contribution in [0, 0.1) is 0 Å². The van der Waals surface area contributed by atoms with Crippen molar-refractivity contribution in [3.05, 3.63) is 23.9 Å². The van der Waals surface area contributed by atoms with Crippen LogP contribution in [-0.4, -0.2) is 22.7 Å². The summed E-state index contributed by atoms with van der Waals surface area (Å²) in [5.41, 5.74) is 0.887. The Morgan fingerprint density at radius 2 is 2.29 bits per heavy atom. The van der Waals surface area contributed by atoms with Crippen LogP contribution in [0.1, 0.15) is 44.6 Å². The average Bonchev–Trinajstić information content (AvgIpc) is 2.40. The first-order valence-electron chi connectivity index (χ1n) is 6.67. The van der Waals surface area contributed by atoms with Crippen LogP contribution < -0.4 is 4.90 Å². The van der Waals surface area contributed by atoms with E-state index >= 15 is 0 Å². The second-order valence-corrected chi connectivity index (χ2v) is 4.81. The van der Waals surface area contributed by atoms with E-state index in [0.29, 0.717) is 6.04 Å². The van der Waals surface area contributed by atoms with Crippen molar-refractivity contribution in [2.45, 2.75) is 51.7 Å². The van der Waals surface area contributed by atoms with Gasteiger partial charge in [0.15, 0.2) is 0 Å².